The zero-order valence-electron chi connectivity index (χ0n) is 17.7. The maximum absolute atomic E-state index is 6.41. The van der Waals surface area contributed by atoms with E-state index in [1.54, 1.807) is 0 Å². The Bertz CT molecular complexity index is 495. The molecule has 2 rings (SSSR count). The van der Waals surface area contributed by atoms with Gasteiger partial charge in [0.2, 0.25) is 6.29 Å². The predicted octanol–water partition coefficient (Wildman–Crippen LogP) is 7.16. The van der Waals surface area contributed by atoms with Gasteiger partial charge in [0.05, 0.1) is 6.10 Å². The molecule has 1 aromatic rings. The molecule has 1 saturated carbocycles. The average Bonchev–Trinajstić information content (AvgIpc) is 2.67. The van der Waals surface area contributed by atoms with Crippen LogP contribution in [0.2, 0.25) is 0 Å². The number of aryl methyl sites for hydroxylation is 1. The molecule has 1 aliphatic carbocycles. The fourth-order valence-electron chi connectivity index (χ4n) is 4.25. The highest BCUT2D eigenvalue weighted by Crippen LogP contribution is 2.42. The van der Waals surface area contributed by atoms with E-state index < -0.39 is 0 Å². The molecule has 1 fully saturated rings. The van der Waals surface area contributed by atoms with E-state index in [4.69, 9.17) is 9.47 Å². The lowest BCUT2D eigenvalue weighted by Crippen LogP contribution is -2.36. The van der Waals surface area contributed by atoms with Gasteiger partial charge in [-0.05, 0) is 61.1 Å². The monoisotopic (exact) mass is 360 g/mol. The SMILES string of the molecule is CCc1ccc(OC(CC(C)(C)C2CCCCC2)OC(CC)CC)cc1. The summed E-state index contributed by atoms with van der Waals surface area (Å²) in [6, 6.07) is 8.51. The van der Waals surface area contributed by atoms with Crippen LogP contribution in [0.4, 0.5) is 0 Å². The molecule has 2 nitrogen and oxygen atoms in total. The van der Waals surface area contributed by atoms with E-state index in [-0.39, 0.29) is 17.8 Å². The predicted molar refractivity (Wildman–Crippen MR) is 111 cm³/mol. The van der Waals surface area contributed by atoms with Gasteiger partial charge in [0, 0.05) is 6.42 Å². The van der Waals surface area contributed by atoms with Crippen LogP contribution >= 0.6 is 0 Å². The van der Waals surface area contributed by atoms with Crippen LogP contribution in [-0.2, 0) is 11.2 Å². The van der Waals surface area contributed by atoms with Crippen molar-refractivity contribution in [1.29, 1.82) is 0 Å². The molecule has 1 atom stereocenters. The first-order valence-corrected chi connectivity index (χ1v) is 10.9. The fraction of sp³-hybridized carbons (Fsp3) is 0.750. The van der Waals surface area contributed by atoms with Gasteiger partial charge in [0.15, 0.2) is 0 Å². The highest BCUT2D eigenvalue weighted by atomic mass is 16.7. The van der Waals surface area contributed by atoms with E-state index in [1.165, 1.54) is 37.7 Å². The van der Waals surface area contributed by atoms with Gasteiger partial charge in [-0.3, -0.25) is 0 Å². The maximum atomic E-state index is 6.41. The van der Waals surface area contributed by atoms with Crippen LogP contribution < -0.4 is 4.74 Å². The number of benzene rings is 1. The van der Waals surface area contributed by atoms with Crippen LogP contribution in [0.15, 0.2) is 24.3 Å². The highest BCUT2D eigenvalue weighted by Gasteiger charge is 2.34. The number of rotatable bonds is 10. The summed E-state index contributed by atoms with van der Waals surface area (Å²) in [4.78, 5) is 0. The molecule has 0 aliphatic heterocycles. The molecule has 0 aromatic heterocycles. The lowest BCUT2D eigenvalue weighted by molar-refractivity contribution is -0.143. The summed E-state index contributed by atoms with van der Waals surface area (Å²) in [6.07, 6.45) is 11.1. The third-order valence-electron chi connectivity index (χ3n) is 6.26. The van der Waals surface area contributed by atoms with Gasteiger partial charge in [-0.15, -0.1) is 0 Å². The molecule has 0 N–H and O–H groups in total. The zero-order chi connectivity index (χ0) is 19.0. The summed E-state index contributed by atoms with van der Waals surface area (Å²) in [5.41, 5.74) is 1.60. The smallest absolute Gasteiger partial charge is 0.200 e. The molecule has 0 saturated heterocycles. The van der Waals surface area contributed by atoms with E-state index in [1.807, 2.05) is 0 Å². The van der Waals surface area contributed by atoms with Crippen molar-refractivity contribution in [1.82, 2.24) is 0 Å². The Labute approximate surface area is 161 Å². The molecule has 0 amide bonds. The lowest BCUT2D eigenvalue weighted by Gasteiger charge is -2.39. The topological polar surface area (TPSA) is 18.5 Å². The molecular weight excluding hydrogens is 320 g/mol. The molecular formula is C24H40O2. The lowest BCUT2D eigenvalue weighted by atomic mass is 9.69. The van der Waals surface area contributed by atoms with E-state index in [0.29, 0.717) is 0 Å². The first-order valence-electron chi connectivity index (χ1n) is 10.9. The second-order valence-corrected chi connectivity index (χ2v) is 8.65. The minimum absolute atomic E-state index is 0.163. The number of hydrogen-bond donors (Lipinski definition) is 0. The Morgan fingerprint density at radius 2 is 1.58 bits per heavy atom. The third kappa shape index (κ3) is 6.30. The van der Waals surface area contributed by atoms with Gasteiger partial charge in [-0.25, -0.2) is 0 Å². The van der Waals surface area contributed by atoms with E-state index >= 15 is 0 Å². The van der Waals surface area contributed by atoms with Crippen molar-refractivity contribution in [2.45, 2.75) is 105 Å². The van der Waals surface area contributed by atoms with Crippen LogP contribution in [0, 0.1) is 11.3 Å². The summed E-state index contributed by atoms with van der Waals surface area (Å²) < 4.78 is 12.8. The molecule has 0 heterocycles. The van der Waals surface area contributed by atoms with Crippen molar-refractivity contribution >= 4 is 0 Å². The largest absolute Gasteiger partial charge is 0.465 e. The summed E-state index contributed by atoms with van der Waals surface area (Å²) in [6.45, 7) is 11.4. The van der Waals surface area contributed by atoms with E-state index in [0.717, 1.165) is 37.4 Å². The van der Waals surface area contributed by atoms with Crippen LogP contribution in [0.1, 0.15) is 91.5 Å². The Kier molecular flexibility index (Phi) is 8.47. The first kappa shape index (κ1) is 21.3. The summed E-state index contributed by atoms with van der Waals surface area (Å²) >= 11 is 0. The minimum Gasteiger partial charge on any atom is -0.465 e. The van der Waals surface area contributed by atoms with E-state index in [9.17, 15) is 0 Å². The number of hydrogen-bond acceptors (Lipinski definition) is 2. The zero-order valence-corrected chi connectivity index (χ0v) is 17.7. The second-order valence-electron chi connectivity index (χ2n) is 8.65. The standard InChI is InChI=1S/C24H40O2/c1-6-19-14-16-22(17-15-19)26-23(25-21(7-2)8-3)18-24(4,5)20-12-10-9-11-13-20/h14-17,20-21,23H,6-13,18H2,1-5H3. The summed E-state index contributed by atoms with van der Waals surface area (Å²) in [5, 5.41) is 0. The van der Waals surface area contributed by atoms with Gasteiger partial charge >= 0.3 is 0 Å². The van der Waals surface area contributed by atoms with Crippen LogP contribution in [-0.4, -0.2) is 12.4 Å². The van der Waals surface area contributed by atoms with Crippen molar-refractivity contribution in [2.75, 3.05) is 0 Å². The first-order chi connectivity index (χ1) is 12.5. The van der Waals surface area contributed by atoms with Gasteiger partial charge in [0.1, 0.15) is 5.75 Å². The summed E-state index contributed by atoms with van der Waals surface area (Å²) in [5.74, 6) is 1.72. The van der Waals surface area contributed by atoms with Crippen molar-refractivity contribution in [2.24, 2.45) is 11.3 Å². The van der Waals surface area contributed by atoms with Gasteiger partial charge in [0.25, 0.3) is 0 Å². The molecule has 1 aliphatic rings. The minimum atomic E-state index is -0.163. The second kappa shape index (κ2) is 10.3. The Balaban J connectivity index is 2.08. The Hall–Kier alpha value is -1.02. The fourth-order valence-corrected chi connectivity index (χ4v) is 4.25. The molecule has 1 unspecified atom stereocenters. The van der Waals surface area contributed by atoms with Crippen molar-refractivity contribution in [3.63, 3.8) is 0 Å². The molecule has 0 radical (unpaired) electrons. The summed E-state index contributed by atoms with van der Waals surface area (Å²) in [7, 11) is 0. The van der Waals surface area contributed by atoms with Crippen molar-refractivity contribution in [3.05, 3.63) is 29.8 Å². The van der Waals surface area contributed by atoms with Gasteiger partial charge < -0.3 is 9.47 Å². The number of ether oxygens (including phenoxy) is 2. The van der Waals surface area contributed by atoms with E-state index in [2.05, 4.69) is 58.9 Å². The normalized spacial score (nSPS) is 17.5. The van der Waals surface area contributed by atoms with Crippen molar-refractivity contribution in [3.8, 4) is 5.75 Å². The highest BCUT2D eigenvalue weighted by molar-refractivity contribution is 5.27. The quantitative estimate of drug-likeness (QED) is 0.412. The van der Waals surface area contributed by atoms with Gasteiger partial charge in [-0.1, -0.05) is 66.0 Å². The third-order valence-corrected chi connectivity index (χ3v) is 6.26. The molecule has 26 heavy (non-hydrogen) atoms. The van der Waals surface area contributed by atoms with Crippen LogP contribution in [0.3, 0.4) is 0 Å². The van der Waals surface area contributed by atoms with Gasteiger partial charge in [-0.2, -0.15) is 0 Å². The molecule has 0 spiro atoms. The van der Waals surface area contributed by atoms with Crippen LogP contribution in [0.5, 0.6) is 5.75 Å². The molecule has 1 aromatic carbocycles. The average molecular weight is 361 g/mol. The molecule has 0 bridgehead atoms. The molecule has 148 valence electrons. The Morgan fingerprint density at radius 1 is 0.962 bits per heavy atom. The van der Waals surface area contributed by atoms with Crippen molar-refractivity contribution < 1.29 is 9.47 Å². The maximum Gasteiger partial charge on any atom is 0.200 e. The van der Waals surface area contributed by atoms with Crippen LogP contribution in [0.25, 0.3) is 0 Å². The molecule has 2 heteroatoms. The Morgan fingerprint density at radius 3 is 2.12 bits per heavy atom.